The van der Waals surface area contributed by atoms with Crippen molar-refractivity contribution in [2.75, 3.05) is 19.8 Å². The summed E-state index contributed by atoms with van der Waals surface area (Å²) in [4.78, 5) is 13.4. The molecule has 5 heteroatoms. The van der Waals surface area contributed by atoms with Crippen molar-refractivity contribution in [2.24, 2.45) is 0 Å². The van der Waals surface area contributed by atoms with Crippen LogP contribution < -0.4 is 10.5 Å². The van der Waals surface area contributed by atoms with E-state index in [1.165, 1.54) is 4.90 Å². The molecule has 2 N–H and O–H groups in total. The van der Waals surface area contributed by atoms with Crippen LogP contribution in [0.25, 0.3) is 0 Å². The molecule has 0 heterocycles. The lowest BCUT2D eigenvalue weighted by atomic mass is 10.1. The lowest BCUT2D eigenvalue weighted by Gasteiger charge is -2.14. The predicted octanol–water partition coefficient (Wildman–Crippen LogP) is 3.72. The van der Waals surface area contributed by atoms with Gasteiger partial charge in [0.15, 0.2) is 0 Å². The van der Waals surface area contributed by atoms with Gasteiger partial charge in [-0.05, 0) is 48.9 Å². The number of anilines is 1. The van der Waals surface area contributed by atoms with Crippen LogP contribution in [0.3, 0.4) is 0 Å². The van der Waals surface area contributed by atoms with Crippen LogP contribution >= 0.6 is 11.6 Å². The van der Waals surface area contributed by atoms with Crippen molar-refractivity contribution >= 4 is 23.2 Å². The fourth-order valence-electron chi connectivity index (χ4n) is 1.88. The maximum Gasteiger partial charge on any atom is 0.253 e. The van der Waals surface area contributed by atoms with Crippen molar-refractivity contribution in [1.82, 2.24) is 4.90 Å². The Morgan fingerprint density at radius 1 is 1.14 bits per heavy atom. The number of hydrogen-bond acceptors (Lipinski definition) is 3. The van der Waals surface area contributed by atoms with Gasteiger partial charge < -0.3 is 15.4 Å². The summed E-state index contributed by atoms with van der Waals surface area (Å²) >= 11 is 5.91. The Kier molecular flexibility index (Phi) is 4.38. The van der Waals surface area contributed by atoms with Crippen LogP contribution in [0.5, 0.6) is 11.5 Å². The number of nitrogens with two attached hydrogens (primary N) is 1. The molecule has 2 rings (SSSR count). The smallest absolute Gasteiger partial charge is 0.253 e. The van der Waals surface area contributed by atoms with Gasteiger partial charge >= 0.3 is 0 Å². The Balaban J connectivity index is 2.27. The number of ether oxygens (including phenoxy) is 1. The summed E-state index contributed by atoms with van der Waals surface area (Å²) in [6.07, 6.45) is 0. The number of benzene rings is 2. The molecule has 0 bridgehead atoms. The lowest BCUT2D eigenvalue weighted by Crippen LogP contribution is -2.21. The van der Waals surface area contributed by atoms with Gasteiger partial charge in [-0.1, -0.05) is 11.6 Å². The molecular formula is C16H17ClN2O2. The van der Waals surface area contributed by atoms with Crippen molar-refractivity contribution in [2.45, 2.75) is 6.92 Å². The number of hydrogen-bond donors (Lipinski definition) is 1. The van der Waals surface area contributed by atoms with Gasteiger partial charge in [-0.3, -0.25) is 4.79 Å². The van der Waals surface area contributed by atoms with E-state index in [1.807, 2.05) is 13.0 Å². The summed E-state index contributed by atoms with van der Waals surface area (Å²) in [6.45, 7) is 1.90. The minimum atomic E-state index is -0.101. The summed E-state index contributed by atoms with van der Waals surface area (Å²) in [5.41, 5.74) is 7.82. The topological polar surface area (TPSA) is 55.6 Å². The monoisotopic (exact) mass is 304 g/mol. The molecule has 2 aromatic rings. The van der Waals surface area contributed by atoms with E-state index < -0.39 is 0 Å². The van der Waals surface area contributed by atoms with Crippen LogP contribution in [0.4, 0.5) is 5.69 Å². The van der Waals surface area contributed by atoms with Crippen LogP contribution in [0.1, 0.15) is 15.9 Å². The first-order valence-electron chi connectivity index (χ1n) is 6.43. The highest BCUT2D eigenvalue weighted by atomic mass is 35.5. The van der Waals surface area contributed by atoms with Gasteiger partial charge in [0, 0.05) is 24.7 Å². The summed E-state index contributed by atoms with van der Waals surface area (Å²) in [6, 6.07) is 10.4. The van der Waals surface area contributed by atoms with E-state index in [9.17, 15) is 4.79 Å². The van der Waals surface area contributed by atoms with Crippen molar-refractivity contribution in [3.8, 4) is 11.5 Å². The van der Waals surface area contributed by atoms with Crippen molar-refractivity contribution < 1.29 is 9.53 Å². The molecule has 0 saturated heterocycles. The van der Waals surface area contributed by atoms with Crippen LogP contribution in [-0.4, -0.2) is 24.9 Å². The summed E-state index contributed by atoms with van der Waals surface area (Å²) in [5, 5.41) is 0.653. The van der Waals surface area contributed by atoms with Gasteiger partial charge in [-0.2, -0.15) is 0 Å². The lowest BCUT2D eigenvalue weighted by molar-refractivity contribution is 0.0827. The molecule has 0 aliphatic heterocycles. The number of carbonyl (C=O) groups is 1. The first-order valence-corrected chi connectivity index (χ1v) is 6.81. The molecule has 0 aliphatic carbocycles. The number of rotatable bonds is 3. The Labute approximate surface area is 129 Å². The van der Waals surface area contributed by atoms with E-state index >= 15 is 0 Å². The zero-order chi connectivity index (χ0) is 15.6. The third-order valence-electron chi connectivity index (χ3n) is 3.02. The van der Waals surface area contributed by atoms with E-state index in [0.717, 1.165) is 5.56 Å². The molecule has 0 saturated carbocycles. The van der Waals surface area contributed by atoms with E-state index in [1.54, 1.807) is 44.4 Å². The Morgan fingerprint density at radius 3 is 2.38 bits per heavy atom. The van der Waals surface area contributed by atoms with Crippen molar-refractivity contribution in [3.63, 3.8) is 0 Å². The van der Waals surface area contributed by atoms with E-state index in [4.69, 9.17) is 22.1 Å². The van der Waals surface area contributed by atoms with Gasteiger partial charge in [0.2, 0.25) is 0 Å². The standard InChI is InChI=1S/C16H17ClN2O2/c1-10-8-12(17)5-7-14(10)21-15-6-4-11(9-13(15)18)16(20)19(2)3/h4-9H,18H2,1-3H3. The molecule has 2 aromatic carbocycles. The number of aryl methyl sites for hydroxylation is 1. The third kappa shape index (κ3) is 3.47. The highest BCUT2D eigenvalue weighted by Gasteiger charge is 2.11. The second-order valence-corrected chi connectivity index (χ2v) is 5.40. The highest BCUT2D eigenvalue weighted by Crippen LogP contribution is 2.31. The minimum Gasteiger partial charge on any atom is -0.455 e. The molecule has 110 valence electrons. The number of nitrogens with zero attached hydrogens (tertiary/aromatic N) is 1. The minimum absolute atomic E-state index is 0.101. The van der Waals surface area contributed by atoms with Gasteiger partial charge in [-0.25, -0.2) is 0 Å². The number of nitrogen functional groups attached to an aromatic ring is 1. The van der Waals surface area contributed by atoms with Crippen LogP contribution in [0.15, 0.2) is 36.4 Å². The second-order valence-electron chi connectivity index (χ2n) is 4.96. The normalized spacial score (nSPS) is 10.3. The van der Waals surface area contributed by atoms with Crippen LogP contribution in [0, 0.1) is 6.92 Å². The molecule has 0 atom stereocenters. The van der Waals surface area contributed by atoms with Gasteiger partial charge in [0.25, 0.3) is 5.91 Å². The average molecular weight is 305 g/mol. The summed E-state index contributed by atoms with van der Waals surface area (Å²) < 4.78 is 5.78. The molecule has 0 spiro atoms. The maximum atomic E-state index is 11.9. The Bertz CT molecular complexity index is 684. The average Bonchev–Trinajstić information content (AvgIpc) is 2.42. The maximum absolute atomic E-state index is 11.9. The summed E-state index contributed by atoms with van der Waals surface area (Å²) in [5.74, 6) is 1.09. The molecule has 4 nitrogen and oxygen atoms in total. The van der Waals surface area contributed by atoms with Crippen LogP contribution in [-0.2, 0) is 0 Å². The van der Waals surface area contributed by atoms with Gasteiger partial charge in [-0.15, -0.1) is 0 Å². The molecule has 0 aromatic heterocycles. The molecule has 21 heavy (non-hydrogen) atoms. The largest absolute Gasteiger partial charge is 0.455 e. The fraction of sp³-hybridized carbons (Fsp3) is 0.188. The van der Waals surface area contributed by atoms with Gasteiger partial charge in [0.05, 0.1) is 5.69 Å². The molecule has 1 amide bonds. The van der Waals surface area contributed by atoms with E-state index in [-0.39, 0.29) is 5.91 Å². The molecule has 0 radical (unpaired) electrons. The van der Waals surface area contributed by atoms with E-state index in [2.05, 4.69) is 0 Å². The Hall–Kier alpha value is -2.20. The van der Waals surface area contributed by atoms with Gasteiger partial charge in [0.1, 0.15) is 11.5 Å². The first-order chi connectivity index (χ1) is 9.88. The number of amides is 1. The predicted molar refractivity (Wildman–Crippen MR) is 85.1 cm³/mol. The zero-order valence-electron chi connectivity index (χ0n) is 12.2. The Morgan fingerprint density at radius 2 is 1.81 bits per heavy atom. The number of halogens is 1. The first kappa shape index (κ1) is 15.2. The molecule has 0 aliphatic rings. The number of carbonyl (C=O) groups excluding carboxylic acids is 1. The molecule has 0 fully saturated rings. The van der Waals surface area contributed by atoms with Crippen LogP contribution in [0.2, 0.25) is 5.02 Å². The third-order valence-corrected chi connectivity index (χ3v) is 3.25. The summed E-state index contributed by atoms with van der Waals surface area (Å²) in [7, 11) is 3.39. The van der Waals surface area contributed by atoms with Crippen molar-refractivity contribution in [3.05, 3.63) is 52.5 Å². The SMILES string of the molecule is Cc1cc(Cl)ccc1Oc1ccc(C(=O)N(C)C)cc1N. The van der Waals surface area contributed by atoms with E-state index in [0.29, 0.717) is 27.8 Å². The fourth-order valence-corrected chi connectivity index (χ4v) is 2.11. The zero-order valence-corrected chi connectivity index (χ0v) is 12.9. The molecular weight excluding hydrogens is 288 g/mol. The molecule has 0 unspecified atom stereocenters. The van der Waals surface area contributed by atoms with Crippen molar-refractivity contribution in [1.29, 1.82) is 0 Å². The quantitative estimate of drug-likeness (QED) is 0.879. The second kappa shape index (κ2) is 6.06. The highest BCUT2D eigenvalue weighted by molar-refractivity contribution is 6.30.